The zero-order valence-corrected chi connectivity index (χ0v) is 15.5. The minimum Gasteiger partial charge on any atom is -0.336 e. The number of benzene rings is 2. The maximum Gasteiger partial charge on any atom is 0.321 e. The Morgan fingerprint density at radius 1 is 1.04 bits per heavy atom. The molecule has 1 aliphatic heterocycles. The second-order valence-corrected chi connectivity index (χ2v) is 6.58. The molecular weight excluding hydrogens is 352 g/mol. The van der Waals surface area contributed by atoms with E-state index in [0.29, 0.717) is 30.0 Å². The van der Waals surface area contributed by atoms with Gasteiger partial charge in [-0.15, -0.1) is 0 Å². The molecular formula is C22H20N4O2. The Labute approximate surface area is 163 Å². The smallest absolute Gasteiger partial charge is 0.321 e. The van der Waals surface area contributed by atoms with Crippen molar-refractivity contribution in [1.82, 2.24) is 10.3 Å². The lowest BCUT2D eigenvalue weighted by Gasteiger charge is -2.15. The van der Waals surface area contributed by atoms with Crippen LogP contribution in [0, 0.1) is 6.92 Å². The molecule has 4 rings (SSSR count). The number of hydrogen-bond acceptors (Lipinski definition) is 3. The van der Waals surface area contributed by atoms with Gasteiger partial charge in [-0.2, -0.15) is 0 Å². The number of amides is 3. The van der Waals surface area contributed by atoms with Gasteiger partial charge in [-0.3, -0.25) is 14.7 Å². The van der Waals surface area contributed by atoms with Gasteiger partial charge in [0.15, 0.2) is 0 Å². The van der Waals surface area contributed by atoms with Gasteiger partial charge >= 0.3 is 6.03 Å². The Kier molecular flexibility index (Phi) is 4.76. The molecule has 2 N–H and O–H groups in total. The summed E-state index contributed by atoms with van der Waals surface area (Å²) in [5.41, 5.74) is 4.52. The summed E-state index contributed by atoms with van der Waals surface area (Å²) in [6.07, 6.45) is 0. The molecule has 3 aromatic rings. The van der Waals surface area contributed by atoms with Crippen molar-refractivity contribution in [3.63, 3.8) is 0 Å². The summed E-state index contributed by atoms with van der Waals surface area (Å²) in [5, 5.41) is 5.66. The van der Waals surface area contributed by atoms with E-state index < -0.39 is 0 Å². The van der Waals surface area contributed by atoms with E-state index in [-0.39, 0.29) is 11.9 Å². The third kappa shape index (κ3) is 3.57. The number of nitrogens with one attached hydrogen (secondary N) is 2. The van der Waals surface area contributed by atoms with Crippen molar-refractivity contribution < 1.29 is 9.59 Å². The van der Waals surface area contributed by atoms with Crippen LogP contribution in [-0.4, -0.2) is 30.0 Å². The van der Waals surface area contributed by atoms with E-state index in [1.807, 2.05) is 55.5 Å². The number of carbonyl (C=O) groups is 2. The zero-order valence-electron chi connectivity index (χ0n) is 15.5. The topological polar surface area (TPSA) is 74.3 Å². The molecule has 3 amide bonds. The number of carbonyl (C=O) groups excluding carboxylic acids is 2. The Hall–Kier alpha value is -3.67. The van der Waals surface area contributed by atoms with Crippen LogP contribution in [0.3, 0.4) is 0 Å². The van der Waals surface area contributed by atoms with Crippen molar-refractivity contribution in [1.29, 1.82) is 0 Å². The number of pyridine rings is 1. The molecule has 0 atom stereocenters. The van der Waals surface area contributed by atoms with Gasteiger partial charge in [0.2, 0.25) is 0 Å². The molecule has 0 aliphatic carbocycles. The van der Waals surface area contributed by atoms with E-state index in [9.17, 15) is 9.59 Å². The number of hydrogen-bond donors (Lipinski definition) is 2. The lowest BCUT2D eigenvalue weighted by Crippen LogP contribution is -2.27. The van der Waals surface area contributed by atoms with Gasteiger partial charge in [0.1, 0.15) is 0 Å². The fraction of sp³-hybridized carbons (Fsp3) is 0.136. The van der Waals surface area contributed by atoms with E-state index in [0.717, 1.165) is 16.9 Å². The molecule has 0 unspecified atom stereocenters. The van der Waals surface area contributed by atoms with E-state index in [2.05, 4.69) is 15.6 Å². The average Bonchev–Trinajstić information content (AvgIpc) is 3.15. The normalized spacial score (nSPS) is 13.3. The number of aryl methyl sites for hydroxylation is 1. The van der Waals surface area contributed by atoms with Gasteiger partial charge in [-0.25, -0.2) is 4.79 Å². The first kappa shape index (κ1) is 17.7. The Balaban J connectivity index is 1.48. The number of nitrogens with zero attached hydrogens (tertiary/aromatic N) is 2. The minimum atomic E-state index is -0.212. The zero-order chi connectivity index (χ0) is 19.5. The number of urea groups is 1. The molecule has 1 aliphatic rings. The lowest BCUT2D eigenvalue weighted by molar-refractivity contribution is 0.102. The summed E-state index contributed by atoms with van der Waals surface area (Å²) in [6, 6.07) is 20.6. The SMILES string of the molecule is Cc1nc(-c2ccccc2)ccc1C(=O)Nc1ccc(N2CCNC2=O)cc1. The molecule has 6 nitrogen and oxygen atoms in total. The Morgan fingerprint density at radius 2 is 1.79 bits per heavy atom. The van der Waals surface area contributed by atoms with Gasteiger partial charge in [0.25, 0.3) is 5.91 Å². The second kappa shape index (κ2) is 7.52. The number of anilines is 2. The quantitative estimate of drug-likeness (QED) is 0.731. The highest BCUT2D eigenvalue weighted by Gasteiger charge is 2.21. The van der Waals surface area contributed by atoms with Gasteiger partial charge < -0.3 is 10.6 Å². The number of rotatable bonds is 4. The molecule has 1 fully saturated rings. The van der Waals surface area contributed by atoms with Crippen LogP contribution in [0.1, 0.15) is 16.1 Å². The number of aromatic nitrogens is 1. The molecule has 0 spiro atoms. The summed E-state index contributed by atoms with van der Waals surface area (Å²) < 4.78 is 0. The van der Waals surface area contributed by atoms with Crippen LogP contribution in [-0.2, 0) is 0 Å². The highest BCUT2D eigenvalue weighted by molar-refractivity contribution is 6.05. The molecule has 2 heterocycles. The fourth-order valence-corrected chi connectivity index (χ4v) is 3.21. The molecule has 0 bridgehead atoms. The standard InChI is InChI=1S/C22H20N4O2/c1-15-19(11-12-20(24-15)16-5-3-2-4-6-16)21(27)25-17-7-9-18(10-8-17)26-14-13-23-22(26)28/h2-12H,13-14H2,1H3,(H,23,28)(H,25,27). The van der Waals surface area contributed by atoms with Crippen LogP contribution in [0.25, 0.3) is 11.3 Å². The van der Waals surface area contributed by atoms with Crippen LogP contribution in [0.15, 0.2) is 66.7 Å². The summed E-state index contributed by atoms with van der Waals surface area (Å²) in [5.74, 6) is -0.212. The third-order valence-corrected chi connectivity index (χ3v) is 4.69. The first-order valence-electron chi connectivity index (χ1n) is 9.12. The first-order chi connectivity index (χ1) is 13.6. The van der Waals surface area contributed by atoms with Gasteiger partial charge in [-0.05, 0) is 43.3 Å². The third-order valence-electron chi connectivity index (χ3n) is 4.69. The van der Waals surface area contributed by atoms with Crippen molar-refractivity contribution in [2.75, 3.05) is 23.3 Å². The van der Waals surface area contributed by atoms with Gasteiger partial charge in [-0.1, -0.05) is 30.3 Å². The van der Waals surface area contributed by atoms with Crippen LogP contribution >= 0.6 is 0 Å². The van der Waals surface area contributed by atoms with E-state index >= 15 is 0 Å². The van der Waals surface area contributed by atoms with Crippen LogP contribution in [0.2, 0.25) is 0 Å². The highest BCUT2D eigenvalue weighted by Crippen LogP contribution is 2.22. The summed E-state index contributed by atoms with van der Waals surface area (Å²) in [7, 11) is 0. The van der Waals surface area contributed by atoms with Crippen molar-refractivity contribution >= 4 is 23.3 Å². The predicted molar refractivity (Wildman–Crippen MR) is 110 cm³/mol. The largest absolute Gasteiger partial charge is 0.336 e. The average molecular weight is 372 g/mol. The molecule has 140 valence electrons. The van der Waals surface area contributed by atoms with E-state index in [4.69, 9.17) is 0 Å². The van der Waals surface area contributed by atoms with Crippen molar-refractivity contribution in [2.24, 2.45) is 0 Å². The maximum absolute atomic E-state index is 12.7. The summed E-state index contributed by atoms with van der Waals surface area (Å²) in [6.45, 7) is 3.11. The van der Waals surface area contributed by atoms with Crippen molar-refractivity contribution in [2.45, 2.75) is 6.92 Å². The van der Waals surface area contributed by atoms with Crippen molar-refractivity contribution in [3.8, 4) is 11.3 Å². The Morgan fingerprint density at radius 3 is 2.43 bits per heavy atom. The van der Waals surface area contributed by atoms with Crippen LogP contribution in [0.5, 0.6) is 0 Å². The van der Waals surface area contributed by atoms with E-state index in [1.165, 1.54) is 0 Å². The first-order valence-corrected chi connectivity index (χ1v) is 9.12. The van der Waals surface area contributed by atoms with Gasteiger partial charge in [0, 0.05) is 30.0 Å². The maximum atomic E-state index is 12.7. The van der Waals surface area contributed by atoms with Gasteiger partial charge in [0.05, 0.1) is 17.0 Å². The predicted octanol–water partition coefficient (Wildman–Crippen LogP) is 3.84. The molecule has 1 saturated heterocycles. The van der Waals surface area contributed by atoms with Crippen LogP contribution < -0.4 is 15.5 Å². The second-order valence-electron chi connectivity index (χ2n) is 6.58. The molecule has 6 heteroatoms. The molecule has 28 heavy (non-hydrogen) atoms. The van der Waals surface area contributed by atoms with Crippen molar-refractivity contribution in [3.05, 3.63) is 78.0 Å². The lowest BCUT2D eigenvalue weighted by atomic mass is 10.1. The Bertz CT molecular complexity index is 1020. The highest BCUT2D eigenvalue weighted by atomic mass is 16.2. The monoisotopic (exact) mass is 372 g/mol. The summed E-state index contributed by atoms with van der Waals surface area (Å²) in [4.78, 5) is 30.6. The minimum absolute atomic E-state index is 0.100. The van der Waals surface area contributed by atoms with E-state index in [1.54, 1.807) is 23.1 Å². The fourth-order valence-electron chi connectivity index (χ4n) is 3.21. The molecule has 0 radical (unpaired) electrons. The molecule has 0 saturated carbocycles. The molecule has 2 aromatic carbocycles. The van der Waals surface area contributed by atoms with Crippen LogP contribution in [0.4, 0.5) is 16.2 Å². The summed E-state index contributed by atoms with van der Waals surface area (Å²) >= 11 is 0. The molecule has 1 aromatic heterocycles.